The molecular formula is C12H16F3N5O. The van der Waals surface area contributed by atoms with Crippen LogP contribution in [0, 0.1) is 0 Å². The maximum atomic E-state index is 13.2. The molecule has 9 heteroatoms. The summed E-state index contributed by atoms with van der Waals surface area (Å²) in [6.45, 7) is 0.316. The molecule has 0 saturated heterocycles. The number of rotatable bonds is 6. The minimum Gasteiger partial charge on any atom is -0.374 e. The number of nitrogens with one attached hydrogen (secondary N) is 2. The van der Waals surface area contributed by atoms with Crippen molar-refractivity contribution in [3.8, 4) is 0 Å². The molecule has 0 saturated carbocycles. The van der Waals surface area contributed by atoms with Crippen LogP contribution in [0.2, 0.25) is 0 Å². The van der Waals surface area contributed by atoms with Crippen molar-refractivity contribution >= 4 is 0 Å². The molecule has 0 aliphatic carbocycles. The number of aromatic nitrogens is 4. The molecule has 2 aromatic rings. The first-order valence-corrected chi connectivity index (χ1v) is 6.30. The molecule has 0 fully saturated rings. The van der Waals surface area contributed by atoms with Crippen LogP contribution in [0.5, 0.6) is 0 Å². The minimum absolute atomic E-state index is 0.0259. The van der Waals surface area contributed by atoms with Gasteiger partial charge in [0.2, 0.25) is 5.60 Å². The first kappa shape index (κ1) is 15.5. The normalized spacial score (nSPS) is 15.1. The molecule has 0 aliphatic rings. The van der Waals surface area contributed by atoms with Crippen molar-refractivity contribution in [3.63, 3.8) is 0 Å². The van der Waals surface area contributed by atoms with E-state index in [-0.39, 0.29) is 6.54 Å². The van der Waals surface area contributed by atoms with Crippen LogP contribution in [0.3, 0.4) is 0 Å². The van der Waals surface area contributed by atoms with Gasteiger partial charge in [0.1, 0.15) is 5.82 Å². The Balaban J connectivity index is 2.02. The molecule has 0 bridgehead atoms. The van der Waals surface area contributed by atoms with E-state index in [4.69, 9.17) is 0 Å². The molecule has 0 spiro atoms. The zero-order valence-electron chi connectivity index (χ0n) is 11.4. The highest BCUT2D eigenvalue weighted by Crippen LogP contribution is 2.40. The Morgan fingerprint density at radius 2 is 2.14 bits per heavy atom. The molecule has 2 aromatic heterocycles. The van der Waals surface area contributed by atoms with Gasteiger partial charge in [-0.15, -0.1) is 0 Å². The summed E-state index contributed by atoms with van der Waals surface area (Å²) in [7, 11) is 1.41. The summed E-state index contributed by atoms with van der Waals surface area (Å²) in [6.07, 6.45) is -1.19. The highest BCUT2D eigenvalue weighted by atomic mass is 19.4. The summed E-state index contributed by atoms with van der Waals surface area (Å²) < 4.78 is 40.8. The fourth-order valence-electron chi connectivity index (χ4n) is 2.02. The Morgan fingerprint density at radius 1 is 1.38 bits per heavy atom. The average molecular weight is 303 g/mol. The van der Waals surface area contributed by atoms with Gasteiger partial charge in [-0.2, -0.15) is 18.3 Å². The van der Waals surface area contributed by atoms with Gasteiger partial charge in [0, 0.05) is 44.3 Å². The van der Waals surface area contributed by atoms with E-state index in [9.17, 15) is 18.3 Å². The average Bonchev–Trinajstić information content (AvgIpc) is 3.04. The molecule has 0 radical (unpaired) electrons. The van der Waals surface area contributed by atoms with Crippen LogP contribution >= 0.6 is 0 Å². The maximum Gasteiger partial charge on any atom is 0.424 e. The molecule has 1 atom stereocenters. The molecule has 116 valence electrons. The van der Waals surface area contributed by atoms with Crippen LogP contribution < -0.4 is 5.32 Å². The van der Waals surface area contributed by atoms with E-state index in [1.165, 1.54) is 24.0 Å². The van der Waals surface area contributed by atoms with Crippen molar-refractivity contribution in [1.82, 2.24) is 25.1 Å². The van der Waals surface area contributed by atoms with Crippen molar-refractivity contribution in [1.29, 1.82) is 0 Å². The third-order valence-corrected chi connectivity index (χ3v) is 3.20. The van der Waals surface area contributed by atoms with E-state index < -0.39 is 24.0 Å². The summed E-state index contributed by atoms with van der Waals surface area (Å²) in [5, 5.41) is 19.3. The highest BCUT2D eigenvalue weighted by molar-refractivity contribution is 5.08. The first-order valence-electron chi connectivity index (χ1n) is 6.30. The summed E-state index contributed by atoms with van der Waals surface area (Å²) >= 11 is 0. The fourth-order valence-corrected chi connectivity index (χ4v) is 2.02. The molecule has 6 nitrogen and oxygen atoms in total. The topological polar surface area (TPSA) is 78.8 Å². The number of aromatic amines is 1. The van der Waals surface area contributed by atoms with Crippen molar-refractivity contribution in [2.75, 3.05) is 6.54 Å². The van der Waals surface area contributed by atoms with Gasteiger partial charge in [0.15, 0.2) is 0 Å². The Labute approximate surface area is 119 Å². The maximum absolute atomic E-state index is 13.2. The van der Waals surface area contributed by atoms with Gasteiger partial charge in [-0.3, -0.25) is 5.10 Å². The van der Waals surface area contributed by atoms with E-state index in [0.29, 0.717) is 6.54 Å². The minimum atomic E-state index is -4.80. The number of alkyl halides is 3. The monoisotopic (exact) mass is 303 g/mol. The lowest BCUT2D eigenvalue weighted by molar-refractivity contribution is -0.272. The van der Waals surface area contributed by atoms with Crippen LogP contribution in [0.4, 0.5) is 13.2 Å². The second-order valence-corrected chi connectivity index (χ2v) is 4.73. The second kappa shape index (κ2) is 5.86. The SMILES string of the molecule is Cn1ccnc1C(O)(CCNCc1ccn[nH]1)C(F)(F)F. The standard InChI is InChI=1S/C12H16F3N5O/c1-20-7-6-17-10(20)11(21,12(13,14)15)3-5-16-8-9-2-4-18-19-9/h2,4,6-7,16,21H,3,5,8H2,1H3,(H,18,19). The van der Waals surface area contributed by atoms with Crippen molar-refractivity contribution < 1.29 is 18.3 Å². The smallest absolute Gasteiger partial charge is 0.374 e. The second-order valence-electron chi connectivity index (χ2n) is 4.73. The number of hydrogen-bond acceptors (Lipinski definition) is 4. The number of imidazole rings is 1. The van der Waals surface area contributed by atoms with E-state index in [1.54, 1.807) is 12.3 Å². The molecule has 0 amide bonds. The number of nitrogens with zero attached hydrogens (tertiary/aromatic N) is 3. The first-order chi connectivity index (χ1) is 9.84. The Hall–Kier alpha value is -1.87. The zero-order chi connectivity index (χ0) is 15.5. The lowest BCUT2D eigenvalue weighted by Crippen LogP contribution is -2.46. The third-order valence-electron chi connectivity index (χ3n) is 3.20. The van der Waals surface area contributed by atoms with Crippen LogP contribution in [-0.2, 0) is 19.2 Å². The van der Waals surface area contributed by atoms with Gasteiger partial charge in [-0.25, -0.2) is 4.98 Å². The lowest BCUT2D eigenvalue weighted by Gasteiger charge is -2.30. The molecule has 3 N–H and O–H groups in total. The quantitative estimate of drug-likeness (QED) is 0.698. The molecule has 2 heterocycles. The number of hydrogen-bond donors (Lipinski definition) is 3. The number of aryl methyl sites for hydroxylation is 1. The Kier molecular flexibility index (Phi) is 4.33. The van der Waals surface area contributed by atoms with Gasteiger partial charge in [-0.1, -0.05) is 0 Å². The Morgan fingerprint density at radius 3 is 2.67 bits per heavy atom. The van der Waals surface area contributed by atoms with Crippen LogP contribution in [0.25, 0.3) is 0 Å². The number of aliphatic hydroxyl groups is 1. The molecule has 0 aromatic carbocycles. The van der Waals surface area contributed by atoms with E-state index in [1.807, 2.05) is 0 Å². The van der Waals surface area contributed by atoms with Crippen molar-refractivity contribution in [2.45, 2.75) is 24.7 Å². The van der Waals surface area contributed by atoms with Crippen LogP contribution in [0.1, 0.15) is 17.9 Å². The summed E-state index contributed by atoms with van der Waals surface area (Å²) in [5.41, 5.74) is -2.23. The largest absolute Gasteiger partial charge is 0.424 e. The van der Waals surface area contributed by atoms with Gasteiger partial charge in [0.25, 0.3) is 0 Å². The predicted molar refractivity (Wildman–Crippen MR) is 68.1 cm³/mol. The van der Waals surface area contributed by atoms with Gasteiger partial charge >= 0.3 is 6.18 Å². The van der Waals surface area contributed by atoms with Crippen molar-refractivity contribution in [2.24, 2.45) is 7.05 Å². The van der Waals surface area contributed by atoms with E-state index in [2.05, 4.69) is 20.5 Å². The lowest BCUT2D eigenvalue weighted by atomic mass is 9.97. The number of H-pyrrole nitrogens is 1. The molecule has 2 rings (SSSR count). The summed E-state index contributed by atoms with van der Waals surface area (Å²) in [5.74, 6) is -0.418. The van der Waals surface area contributed by atoms with Crippen LogP contribution in [0.15, 0.2) is 24.7 Å². The van der Waals surface area contributed by atoms with Crippen molar-refractivity contribution in [3.05, 3.63) is 36.2 Å². The Bertz CT molecular complexity index is 566. The highest BCUT2D eigenvalue weighted by Gasteiger charge is 2.56. The fraction of sp³-hybridized carbons (Fsp3) is 0.500. The zero-order valence-corrected chi connectivity index (χ0v) is 11.4. The van der Waals surface area contributed by atoms with Crippen LogP contribution in [-0.4, -0.2) is 37.6 Å². The number of halogens is 3. The molecule has 0 aliphatic heterocycles. The third kappa shape index (κ3) is 3.24. The molecule has 1 unspecified atom stereocenters. The van der Waals surface area contributed by atoms with Gasteiger partial charge in [0.05, 0.1) is 0 Å². The molecule has 21 heavy (non-hydrogen) atoms. The summed E-state index contributed by atoms with van der Waals surface area (Å²) in [4.78, 5) is 3.63. The predicted octanol–water partition coefficient (Wildman–Crippen LogP) is 1.07. The van der Waals surface area contributed by atoms with E-state index in [0.717, 1.165) is 5.69 Å². The van der Waals surface area contributed by atoms with Gasteiger partial charge in [-0.05, 0) is 12.6 Å². The van der Waals surface area contributed by atoms with Gasteiger partial charge < -0.3 is 15.0 Å². The van der Waals surface area contributed by atoms with E-state index >= 15 is 0 Å². The molecular weight excluding hydrogens is 287 g/mol. The summed E-state index contributed by atoms with van der Waals surface area (Å²) in [6, 6.07) is 1.71.